The van der Waals surface area contributed by atoms with Crippen LogP contribution in [0.3, 0.4) is 0 Å². The molecule has 0 heterocycles. The number of carbonyl (C=O) groups excluding carboxylic acids is 1. The highest BCUT2D eigenvalue weighted by Crippen LogP contribution is 2.34. The van der Waals surface area contributed by atoms with Crippen molar-refractivity contribution in [1.29, 1.82) is 0 Å². The number of aryl methyl sites for hydroxylation is 2. The molecule has 0 saturated heterocycles. The summed E-state index contributed by atoms with van der Waals surface area (Å²) in [6.45, 7) is 14.7. The van der Waals surface area contributed by atoms with E-state index in [4.69, 9.17) is 9.47 Å². The minimum atomic E-state index is -0.329. The molecule has 3 heteroatoms. The van der Waals surface area contributed by atoms with Gasteiger partial charge in [-0.2, -0.15) is 0 Å². The molecule has 0 N–H and O–H groups in total. The van der Waals surface area contributed by atoms with Crippen LogP contribution in [0.15, 0.2) is 66.7 Å². The highest BCUT2D eigenvalue weighted by atomic mass is 16.5. The molecule has 0 unspecified atom stereocenters. The maximum Gasteiger partial charge on any atom is 0.343 e. The van der Waals surface area contributed by atoms with Crippen LogP contribution in [0.25, 0.3) is 0 Å². The fraction of sp³-hybridized carbons (Fsp3) is 0.367. The van der Waals surface area contributed by atoms with E-state index >= 15 is 0 Å². The van der Waals surface area contributed by atoms with E-state index in [1.54, 1.807) is 0 Å². The normalized spacial score (nSPS) is 11.8. The van der Waals surface area contributed by atoms with Crippen molar-refractivity contribution >= 4 is 5.97 Å². The second kappa shape index (κ2) is 9.82. The molecule has 0 bridgehead atoms. The molecule has 3 aromatic rings. The molecule has 0 radical (unpaired) electrons. The van der Waals surface area contributed by atoms with Crippen molar-refractivity contribution in [2.24, 2.45) is 0 Å². The first-order valence-corrected chi connectivity index (χ1v) is 11.8. The summed E-state index contributed by atoms with van der Waals surface area (Å²) in [4.78, 5) is 12.6. The molecule has 174 valence electrons. The molecule has 3 aromatic carbocycles. The summed E-state index contributed by atoms with van der Waals surface area (Å²) in [6, 6.07) is 22.0. The quantitative estimate of drug-likeness (QED) is 0.262. The van der Waals surface area contributed by atoms with Gasteiger partial charge in [-0.05, 0) is 80.6 Å². The second-order valence-electron chi connectivity index (χ2n) is 9.64. The van der Waals surface area contributed by atoms with Crippen LogP contribution in [0.2, 0.25) is 0 Å². The van der Waals surface area contributed by atoms with E-state index in [1.165, 1.54) is 5.56 Å². The van der Waals surface area contributed by atoms with Crippen molar-refractivity contribution < 1.29 is 14.3 Å². The first-order chi connectivity index (χ1) is 15.6. The Bertz CT molecular complexity index is 1090. The van der Waals surface area contributed by atoms with E-state index in [2.05, 4.69) is 58.9 Å². The number of esters is 1. The Hall–Kier alpha value is -3.07. The van der Waals surface area contributed by atoms with Crippen molar-refractivity contribution in [1.82, 2.24) is 0 Å². The van der Waals surface area contributed by atoms with Gasteiger partial charge in [0, 0.05) is 5.41 Å². The van der Waals surface area contributed by atoms with Gasteiger partial charge in [-0.1, -0.05) is 69.7 Å². The van der Waals surface area contributed by atoms with Crippen LogP contribution in [0.1, 0.15) is 80.1 Å². The predicted molar refractivity (Wildman–Crippen MR) is 136 cm³/mol. The Labute approximate surface area is 198 Å². The zero-order chi connectivity index (χ0) is 24.2. The Morgan fingerprint density at radius 1 is 0.758 bits per heavy atom. The summed E-state index contributed by atoms with van der Waals surface area (Å²) in [6.07, 6.45) is 1.94. The highest BCUT2D eigenvalue weighted by Gasteiger charge is 2.25. The maximum absolute atomic E-state index is 12.6. The standard InChI is InChI=1S/C30H36O3/c1-8-30(7,9-2)33-26-18-14-24(15-19-26)29(5,6)23-12-16-25(17-13-23)32-28(31)27-20-21(3)10-11-22(27)4/h10-20H,8-9H2,1-7H3. The SMILES string of the molecule is CCC(C)(CC)Oc1ccc(C(C)(C)c2ccc(OC(=O)c3cc(C)ccc3C)cc2)cc1. The van der Waals surface area contributed by atoms with Crippen LogP contribution in [-0.4, -0.2) is 11.6 Å². The first kappa shape index (κ1) is 24.6. The minimum absolute atomic E-state index is 0.138. The van der Waals surface area contributed by atoms with Gasteiger partial charge < -0.3 is 9.47 Å². The van der Waals surface area contributed by atoms with E-state index in [0.717, 1.165) is 35.3 Å². The molecule has 3 rings (SSSR count). The average Bonchev–Trinajstić information content (AvgIpc) is 2.81. The Balaban J connectivity index is 1.74. The van der Waals surface area contributed by atoms with Crippen molar-refractivity contribution in [3.05, 3.63) is 94.5 Å². The largest absolute Gasteiger partial charge is 0.488 e. The third-order valence-electron chi connectivity index (χ3n) is 6.84. The molecule has 0 aliphatic rings. The molecule has 0 atom stereocenters. The monoisotopic (exact) mass is 444 g/mol. The fourth-order valence-corrected chi connectivity index (χ4v) is 3.84. The summed E-state index contributed by atoms with van der Waals surface area (Å²) in [7, 11) is 0. The zero-order valence-electron chi connectivity index (χ0n) is 21.0. The van der Waals surface area contributed by atoms with E-state index in [1.807, 2.05) is 56.3 Å². The van der Waals surface area contributed by atoms with Crippen LogP contribution >= 0.6 is 0 Å². The highest BCUT2D eigenvalue weighted by molar-refractivity contribution is 5.92. The molecule has 0 aliphatic heterocycles. The summed E-state index contributed by atoms with van der Waals surface area (Å²) >= 11 is 0. The molecule has 0 aliphatic carbocycles. The van der Waals surface area contributed by atoms with Gasteiger partial charge in [0.2, 0.25) is 0 Å². The van der Waals surface area contributed by atoms with Gasteiger partial charge in [-0.15, -0.1) is 0 Å². The van der Waals surface area contributed by atoms with E-state index < -0.39 is 0 Å². The summed E-state index contributed by atoms with van der Waals surface area (Å²) < 4.78 is 11.9. The van der Waals surface area contributed by atoms with Gasteiger partial charge in [0.1, 0.15) is 17.1 Å². The fourth-order valence-electron chi connectivity index (χ4n) is 3.84. The molecule has 0 fully saturated rings. The number of carbonyl (C=O) groups is 1. The Morgan fingerprint density at radius 2 is 1.27 bits per heavy atom. The minimum Gasteiger partial charge on any atom is -0.488 e. The molecular weight excluding hydrogens is 408 g/mol. The van der Waals surface area contributed by atoms with Crippen LogP contribution in [0, 0.1) is 13.8 Å². The van der Waals surface area contributed by atoms with Gasteiger partial charge in [0.05, 0.1) is 5.56 Å². The molecule has 0 saturated carbocycles. The van der Waals surface area contributed by atoms with Crippen LogP contribution in [0.5, 0.6) is 11.5 Å². The number of hydrogen-bond donors (Lipinski definition) is 0. The topological polar surface area (TPSA) is 35.5 Å². The lowest BCUT2D eigenvalue weighted by Crippen LogP contribution is -2.30. The molecule has 0 aromatic heterocycles. The van der Waals surface area contributed by atoms with Gasteiger partial charge in [0.25, 0.3) is 0 Å². The smallest absolute Gasteiger partial charge is 0.343 e. The molecule has 0 amide bonds. The predicted octanol–water partition coefficient (Wildman–Crippen LogP) is 7.81. The Morgan fingerprint density at radius 3 is 1.79 bits per heavy atom. The molecular formula is C30H36O3. The average molecular weight is 445 g/mol. The first-order valence-electron chi connectivity index (χ1n) is 11.8. The molecule has 0 spiro atoms. The van der Waals surface area contributed by atoms with Crippen molar-refractivity contribution in [3.8, 4) is 11.5 Å². The number of rotatable bonds is 8. The lowest BCUT2D eigenvalue weighted by molar-refractivity contribution is 0.0733. The van der Waals surface area contributed by atoms with Crippen molar-refractivity contribution in [2.45, 2.75) is 72.3 Å². The molecule has 33 heavy (non-hydrogen) atoms. The lowest BCUT2D eigenvalue weighted by atomic mass is 9.78. The van der Waals surface area contributed by atoms with E-state index in [-0.39, 0.29) is 17.0 Å². The summed E-state index contributed by atoms with van der Waals surface area (Å²) in [5.41, 5.74) is 4.56. The van der Waals surface area contributed by atoms with Crippen molar-refractivity contribution in [2.75, 3.05) is 0 Å². The van der Waals surface area contributed by atoms with Gasteiger partial charge >= 0.3 is 5.97 Å². The number of ether oxygens (including phenoxy) is 2. The third-order valence-corrected chi connectivity index (χ3v) is 6.84. The van der Waals surface area contributed by atoms with Gasteiger partial charge in [-0.25, -0.2) is 4.79 Å². The summed E-state index contributed by atoms with van der Waals surface area (Å²) in [5, 5.41) is 0. The zero-order valence-corrected chi connectivity index (χ0v) is 21.0. The number of benzene rings is 3. The van der Waals surface area contributed by atoms with E-state index in [0.29, 0.717) is 11.3 Å². The Kier molecular flexibility index (Phi) is 7.31. The van der Waals surface area contributed by atoms with Crippen LogP contribution in [-0.2, 0) is 5.41 Å². The number of hydrogen-bond acceptors (Lipinski definition) is 3. The van der Waals surface area contributed by atoms with Gasteiger partial charge in [-0.3, -0.25) is 0 Å². The second-order valence-corrected chi connectivity index (χ2v) is 9.64. The molecule has 3 nitrogen and oxygen atoms in total. The lowest BCUT2D eigenvalue weighted by Gasteiger charge is -2.30. The van der Waals surface area contributed by atoms with Crippen LogP contribution in [0.4, 0.5) is 0 Å². The van der Waals surface area contributed by atoms with Crippen molar-refractivity contribution in [3.63, 3.8) is 0 Å². The third kappa shape index (κ3) is 5.65. The summed E-state index contributed by atoms with van der Waals surface area (Å²) in [5.74, 6) is 1.11. The van der Waals surface area contributed by atoms with Crippen LogP contribution < -0.4 is 9.47 Å². The van der Waals surface area contributed by atoms with Gasteiger partial charge in [0.15, 0.2) is 0 Å². The maximum atomic E-state index is 12.6. The van der Waals surface area contributed by atoms with E-state index in [9.17, 15) is 4.79 Å².